The number of hydrogen-bond acceptors (Lipinski definition) is 7. The molecule has 0 atom stereocenters. The molecular formula is C22H26N4O5S. The lowest BCUT2D eigenvalue weighted by atomic mass is 10.1. The van der Waals surface area contributed by atoms with Crippen LogP contribution in [-0.2, 0) is 16.6 Å². The highest BCUT2D eigenvalue weighted by molar-refractivity contribution is 7.93. The molecule has 10 heteroatoms. The summed E-state index contributed by atoms with van der Waals surface area (Å²) in [6, 6.07) is 9.13. The van der Waals surface area contributed by atoms with Gasteiger partial charge in [-0.15, -0.1) is 0 Å². The molecule has 0 unspecified atom stereocenters. The van der Waals surface area contributed by atoms with Crippen molar-refractivity contribution in [1.82, 2.24) is 9.97 Å². The van der Waals surface area contributed by atoms with Crippen LogP contribution < -0.4 is 24.2 Å². The Balaban J connectivity index is 1.67. The maximum Gasteiger partial charge on any atom is 0.282 e. The minimum Gasteiger partial charge on any atom is -0.493 e. The number of aromatic nitrogens is 2. The third kappa shape index (κ3) is 3.86. The number of sulfonamides is 1. The summed E-state index contributed by atoms with van der Waals surface area (Å²) < 4.78 is 36.8. The van der Waals surface area contributed by atoms with Crippen molar-refractivity contribution in [2.45, 2.75) is 19.9 Å². The zero-order chi connectivity index (χ0) is 23.0. The molecule has 3 aromatic rings. The van der Waals surface area contributed by atoms with Crippen LogP contribution in [0.2, 0.25) is 0 Å². The largest absolute Gasteiger partial charge is 0.493 e. The third-order valence-electron chi connectivity index (χ3n) is 5.66. The Morgan fingerprint density at radius 1 is 1.22 bits per heavy atom. The van der Waals surface area contributed by atoms with Crippen LogP contribution in [0.5, 0.6) is 11.5 Å². The van der Waals surface area contributed by atoms with Crippen molar-refractivity contribution in [3.8, 4) is 11.5 Å². The summed E-state index contributed by atoms with van der Waals surface area (Å²) in [5.41, 5.74) is 2.44. The van der Waals surface area contributed by atoms with Gasteiger partial charge in [0, 0.05) is 31.8 Å². The van der Waals surface area contributed by atoms with Crippen molar-refractivity contribution >= 4 is 32.6 Å². The van der Waals surface area contributed by atoms with Crippen LogP contribution in [0, 0.1) is 6.92 Å². The predicted molar refractivity (Wildman–Crippen MR) is 125 cm³/mol. The predicted octanol–water partition coefficient (Wildman–Crippen LogP) is 2.43. The molecule has 0 spiro atoms. The first-order valence-electron chi connectivity index (χ1n) is 10.2. The number of hydrogen-bond donors (Lipinski definition) is 1. The molecule has 1 N–H and O–H groups in total. The van der Waals surface area contributed by atoms with Gasteiger partial charge in [-0.2, -0.15) is 4.98 Å². The van der Waals surface area contributed by atoms with E-state index in [0.717, 1.165) is 5.56 Å². The Morgan fingerprint density at radius 2 is 2.00 bits per heavy atom. The molecule has 1 aromatic heterocycles. The minimum absolute atomic E-state index is 0.174. The molecule has 2 heterocycles. The van der Waals surface area contributed by atoms with Crippen LogP contribution >= 0.6 is 0 Å². The molecule has 4 rings (SSSR count). The summed E-state index contributed by atoms with van der Waals surface area (Å²) in [6.45, 7) is 2.72. The number of nitrogens with zero attached hydrogens (tertiary/aromatic N) is 3. The summed E-state index contributed by atoms with van der Waals surface area (Å²) in [5, 5.41) is 0.445. The average molecular weight is 459 g/mol. The maximum absolute atomic E-state index is 12.8. The molecular weight excluding hydrogens is 432 g/mol. The van der Waals surface area contributed by atoms with Crippen LogP contribution in [0.4, 0.5) is 11.6 Å². The standard InChI is InChI=1S/C22H26N4O5S/c1-14-19-17(12-18(30-3)20(14)31-4)23-22(24-21(19)27)25(2)13-15-7-5-8-16(11-15)26-9-6-10-32(26,28)29/h5,7-8,11-12H,6,9-10,13H2,1-4H3,(H,23,24,27). The topological polar surface area (TPSA) is 105 Å². The van der Waals surface area contributed by atoms with Crippen molar-refractivity contribution in [3.05, 3.63) is 51.8 Å². The van der Waals surface area contributed by atoms with Gasteiger partial charge in [0.05, 0.1) is 36.6 Å². The lowest BCUT2D eigenvalue weighted by Crippen LogP contribution is -2.26. The van der Waals surface area contributed by atoms with E-state index in [1.807, 2.05) is 30.1 Å². The van der Waals surface area contributed by atoms with E-state index in [4.69, 9.17) is 9.47 Å². The molecule has 1 saturated heterocycles. The van der Waals surface area contributed by atoms with Gasteiger partial charge < -0.3 is 19.4 Å². The lowest BCUT2D eigenvalue weighted by Gasteiger charge is -2.21. The molecule has 2 aromatic carbocycles. The first-order valence-corrected chi connectivity index (χ1v) is 11.8. The molecule has 0 radical (unpaired) electrons. The Kier molecular flexibility index (Phi) is 5.72. The number of fused-ring (bicyclic) bond motifs is 1. The van der Waals surface area contributed by atoms with Gasteiger partial charge in [0.15, 0.2) is 11.5 Å². The highest BCUT2D eigenvalue weighted by Gasteiger charge is 2.28. The number of rotatable bonds is 6. The Labute approximate surface area is 186 Å². The number of anilines is 2. The summed E-state index contributed by atoms with van der Waals surface area (Å²) in [4.78, 5) is 22.1. The van der Waals surface area contributed by atoms with E-state index in [-0.39, 0.29) is 11.3 Å². The van der Waals surface area contributed by atoms with Gasteiger partial charge in [0.25, 0.3) is 5.56 Å². The number of aryl methyl sites for hydroxylation is 1. The van der Waals surface area contributed by atoms with Crippen molar-refractivity contribution in [2.75, 3.05) is 42.8 Å². The van der Waals surface area contributed by atoms with Gasteiger partial charge in [-0.25, -0.2) is 8.42 Å². The van der Waals surface area contributed by atoms with Crippen molar-refractivity contribution in [2.24, 2.45) is 0 Å². The monoisotopic (exact) mass is 458 g/mol. The van der Waals surface area contributed by atoms with Gasteiger partial charge in [-0.3, -0.25) is 9.10 Å². The minimum atomic E-state index is -3.25. The highest BCUT2D eigenvalue weighted by atomic mass is 32.2. The molecule has 0 saturated carbocycles. The molecule has 0 amide bonds. The molecule has 1 aliphatic rings. The Bertz CT molecular complexity index is 1340. The van der Waals surface area contributed by atoms with E-state index in [9.17, 15) is 13.2 Å². The fourth-order valence-corrected chi connectivity index (χ4v) is 5.67. The summed E-state index contributed by atoms with van der Waals surface area (Å²) in [6.07, 6.45) is 0.627. The van der Waals surface area contributed by atoms with Gasteiger partial charge in [0.2, 0.25) is 16.0 Å². The molecule has 0 bridgehead atoms. The van der Waals surface area contributed by atoms with E-state index in [1.54, 1.807) is 26.2 Å². The van der Waals surface area contributed by atoms with E-state index < -0.39 is 10.0 Å². The van der Waals surface area contributed by atoms with Crippen LogP contribution in [0.3, 0.4) is 0 Å². The van der Waals surface area contributed by atoms with Gasteiger partial charge in [-0.1, -0.05) is 12.1 Å². The number of benzene rings is 2. The normalized spacial score (nSPS) is 15.2. The smallest absolute Gasteiger partial charge is 0.282 e. The van der Waals surface area contributed by atoms with Gasteiger partial charge >= 0.3 is 0 Å². The molecule has 32 heavy (non-hydrogen) atoms. The number of nitrogens with one attached hydrogen (secondary N) is 1. The first-order chi connectivity index (χ1) is 15.2. The van der Waals surface area contributed by atoms with Crippen molar-refractivity contribution < 1.29 is 17.9 Å². The van der Waals surface area contributed by atoms with Crippen LogP contribution in [0.1, 0.15) is 17.5 Å². The first kappa shape index (κ1) is 21.9. The number of H-pyrrole nitrogens is 1. The van der Waals surface area contributed by atoms with E-state index in [1.165, 1.54) is 11.4 Å². The summed E-state index contributed by atoms with van der Waals surface area (Å²) in [7, 11) is 1.64. The van der Waals surface area contributed by atoms with Gasteiger partial charge in [0.1, 0.15) is 0 Å². The third-order valence-corrected chi connectivity index (χ3v) is 7.52. The fraction of sp³-hybridized carbons (Fsp3) is 0.364. The molecule has 1 fully saturated rings. The second-order valence-electron chi connectivity index (χ2n) is 7.79. The summed E-state index contributed by atoms with van der Waals surface area (Å²) >= 11 is 0. The Hall–Kier alpha value is -3.27. The van der Waals surface area contributed by atoms with E-state index in [2.05, 4.69) is 9.97 Å². The maximum atomic E-state index is 12.8. The molecule has 9 nitrogen and oxygen atoms in total. The summed E-state index contributed by atoms with van der Waals surface area (Å²) in [5.74, 6) is 1.59. The zero-order valence-corrected chi connectivity index (χ0v) is 19.3. The molecule has 0 aliphatic carbocycles. The number of ether oxygens (including phenoxy) is 2. The SMILES string of the molecule is COc1cc2[nH]c(N(C)Cc3cccc(N4CCCS4(=O)=O)c3)nc(=O)c2c(C)c1OC. The lowest BCUT2D eigenvalue weighted by molar-refractivity contribution is 0.354. The van der Waals surface area contributed by atoms with E-state index in [0.29, 0.717) is 59.1 Å². The zero-order valence-electron chi connectivity index (χ0n) is 18.5. The number of aromatic amines is 1. The second-order valence-corrected chi connectivity index (χ2v) is 9.81. The van der Waals surface area contributed by atoms with Crippen LogP contribution in [-0.4, -0.2) is 52.0 Å². The van der Waals surface area contributed by atoms with Crippen molar-refractivity contribution in [1.29, 1.82) is 0 Å². The number of methoxy groups -OCH3 is 2. The van der Waals surface area contributed by atoms with Gasteiger partial charge in [-0.05, 0) is 31.0 Å². The molecule has 1 aliphatic heterocycles. The highest BCUT2D eigenvalue weighted by Crippen LogP contribution is 2.35. The van der Waals surface area contributed by atoms with Crippen LogP contribution in [0.25, 0.3) is 10.9 Å². The van der Waals surface area contributed by atoms with E-state index >= 15 is 0 Å². The van der Waals surface area contributed by atoms with Crippen molar-refractivity contribution in [3.63, 3.8) is 0 Å². The molecule has 170 valence electrons. The average Bonchev–Trinajstić information content (AvgIpc) is 3.12. The Morgan fingerprint density at radius 3 is 2.66 bits per heavy atom. The fourth-order valence-electron chi connectivity index (χ4n) is 4.12. The quantitative estimate of drug-likeness (QED) is 0.605. The van der Waals surface area contributed by atoms with Crippen LogP contribution in [0.15, 0.2) is 35.1 Å². The second kappa shape index (κ2) is 8.34.